The molecule has 128 valence electrons. The zero-order valence-electron chi connectivity index (χ0n) is 12.2. The van der Waals surface area contributed by atoms with Crippen molar-refractivity contribution in [1.29, 1.82) is 0 Å². The highest BCUT2D eigenvalue weighted by Crippen LogP contribution is 2.23. The number of amides is 1. The topological polar surface area (TPSA) is 94.3 Å². The van der Waals surface area contributed by atoms with E-state index in [0.29, 0.717) is 11.3 Å². The van der Waals surface area contributed by atoms with Gasteiger partial charge in [0.25, 0.3) is 5.91 Å². The third kappa shape index (κ3) is 3.57. The van der Waals surface area contributed by atoms with Crippen LogP contribution in [-0.2, 0) is 9.63 Å². The van der Waals surface area contributed by atoms with Crippen molar-refractivity contribution in [3.8, 4) is 11.6 Å². The van der Waals surface area contributed by atoms with Gasteiger partial charge >= 0.3 is 12.1 Å². The summed E-state index contributed by atoms with van der Waals surface area (Å²) in [7, 11) is 0. The van der Waals surface area contributed by atoms with Crippen molar-refractivity contribution < 1.29 is 32.0 Å². The SMILES string of the molecule is O=C(NOC(=O)C(F)(F)F)c1ccc2oc(-c3ccccn3)nc2c1. The van der Waals surface area contributed by atoms with Gasteiger partial charge in [-0.15, -0.1) is 0 Å². The van der Waals surface area contributed by atoms with E-state index in [9.17, 15) is 22.8 Å². The highest BCUT2D eigenvalue weighted by molar-refractivity contribution is 5.97. The molecule has 1 aromatic carbocycles. The summed E-state index contributed by atoms with van der Waals surface area (Å²) in [5.41, 5.74) is 2.48. The van der Waals surface area contributed by atoms with Crippen LogP contribution < -0.4 is 5.48 Å². The number of carbonyl (C=O) groups excluding carboxylic acids is 2. The number of oxazole rings is 1. The van der Waals surface area contributed by atoms with E-state index in [1.54, 1.807) is 24.4 Å². The number of fused-ring (bicyclic) bond motifs is 1. The van der Waals surface area contributed by atoms with Gasteiger partial charge in [0.1, 0.15) is 11.2 Å². The zero-order valence-corrected chi connectivity index (χ0v) is 12.2. The van der Waals surface area contributed by atoms with Gasteiger partial charge in [0.05, 0.1) is 0 Å². The van der Waals surface area contributed by atoms with E-state index < -0.39 is 18.1 Å². The average Bonchev–Trinajstić information content (AvgIpc) is 3.02. The van der Waals surface area contributed by atoms with Crippen LogP contribution in [0, 0.1) is 0 Å². The Bertz CT molecular complexity index is 938. The van der Waals surface area contributed by atoms with Gasteiger partial charge in [-0.2, -0.15) is 18.7 Å². The van der Waals surface area contributed by atoms with Crippen molar-refractivity contribution in [1.82, 2.24) is 15.4 Å². The molecule has 0 aliphatic heterocycles. The standard InChI is InChI=1S/C15H8F3N3O4/c16-15(17,18)14(23)25-21-12(22)8-4-5-11-10(7-8)20-13(24-11)9-3-1-2-6-19-9/h1-7H,(H,21,22). The van der Waals surface area contributed by atoms with Crippen molar-refractivity contribution in [2.75, 3.05) is 0 Å². The Kier molecular flexibility index (Phi) is 4.09. The molecule has 10 heteroatoms. The summed E-state index contributed by atoms with van der Waals surface area (Å²) < 4.78 is 41.6. The number of nitrogens with zero attached hydrogens (tertiary/aromatic N) is 2. The Morgan fingerprint density at radius 2 is 1.96 bits per heavy atom. The lowest BCUT2D eigenvalue weighted by Crippen LogP contribution is -2.34. The summed E-state index contributed by atoms with van der Waals surface area (Å²) in [6, 6.07) is 9.11. The van der Waals surface area contributed by atoms with E-state index in [0.717, 1.165) is 0 Å². The second kappa shape index (κ2) is 6.23. The molecule has 0 radical (unpaired) electrons. The lowest BCUT2D eigenvalue weighted by molar-refractivity contribution is -0.204. The summed E-state index contributed by atoms with van der Waals surface area (Å²) in [5, 5.41) is 0. The fraction of sp³-hybridized carbons (Fsp3) is 0.0667. The Morgan fingerprint density at radius 3 is 2.64 bits per heavy atom. The maximum Gasteiger partial charge on any atom is 0.493 e. The van der Waals surface area contributed by atoms with Crippen molar-refractivity contribution in [2.24, 2.45) is 0 Å². The predicted molar refractivity (Wildman–Crippen MR) is 76.9 cm³/mol. The van der Waals surface area contributed by atoms with E-state index in [1.807, 2.05) is 0 Å². The van der Waals surface area contributed by atoms with Gasteiger partial charge in [-0.05, 0) is 30.3 Å². The van der Waals surface area contributed by atoms with Crippen LogP contribution in [0.1, 0.15) is 10.4 Å². The van der Waals surface area contributed by atoms with Crippen LogP contribution in [0.5, 0.6) is 0 Å². The van der Waals surface area contributed by atoms with Crippen LogP contribution >= 0.6 is 0 Å². The fourth-order valence-corrected chi connectivity index (χ4v) is 1.88. The predicted octanol–water partition coefficient (Wildman–Crippen LogP) is 2.64. The van der Waals surface area contributed by atoms with E-state index in [-0.39, 0.29) is 17.0 Å². The number of hydrogen-bond donors (Lipinski definition) is 1. The Morgan fingerprint density at radius 1 is 1.16 bits per heavy atom. The smallest absolute Gasteiger partial charge is 0.435 e. The molecule has 3 rings (SSSR count). The number of hydrogen-bond acceptors (Lipinski definition) is 6. The molecule has 0 atom stereocenters. The lowest BCUT2D eigenvalue weighted by Gasteiger charge is -2.07. The van der Waals surface area contributed by atoms with E-state index in [1.165, 1.54) is 23.7 Å². The largest absolute Gasteiger partial charge is 0.493 e. The van der Waals surface area contributed by atoms with Gasteiger partial charge in [-0.3, -0.25) is 9.78 Å². The molecule has 1 amide bonds. The molecular weight excluding hydrogens is 343 g/mol. The minimum atomic E-state index is -5.21. The number of alkyl halides is 3. The first kappa shape index (κ1) is 16.4. The molecule has 2 heterocycles. The number of nitrogens with one attached hydrogen (secondary N) is 1. The third-order valence-corrected chi connectivity index (χ3v) is 3.00. The first-order chi connectivity index (χ1) is 11.8. The van der Waals surface area contributed by atoms with Crippen LogP contribution in [0.25, 0.3) is 22.7 Å². The Labute approximate surface area is 137 Å². The molecule has 1 N–H and O–H groups in total. The molecule has 0 aliphatic carbocycles. The average molecular weight is 351 g/mol. The van der Waals surface area contributed by atoms with Gasteiger partial charge in [-0.25, -0.2) is 9.78 Å². The van der Waals surface area contributed by atoms with Crippen LogP contribution in [-0.4, -0.2) is 28.0 Å². The quantitative estimate of drug-likeness (QED) is 0.714. The molecule has 0 fully saturated rings. The van der Waals surface area contributed by atoms with Crippen molar-refractivity contribution in [2.45, 2.75) is 6.18 Å². The molecule has 0 aliphatic rings. The van der Waals surface area contributed by atoms with Gasteiger partial charge in [0, 0.05) is 11.8 Å². The van der Waals surface area contributed by atoms with Crippen LogP contribution in [0.4, 0.5) is 13.2 Å². The summed E-state index contributed by atoms with van der Waals surface area (Å²) in [5.74, 6) is -3.35. The van der Waals surface area contributed by atoms with Gasteiger partial charge in [0.2, 0.25) is 5.89 Å². The summed E-state index contributed by atoms with van der Waals surface area (Å²) in [6.45, 7) is 0. The van der Waals surface area contributed by atoms with E-state index in [4.69, 9.17) is 4.42 Å². The van der Waals surface area contributed by atoms with Crippen molar-refractivity contribution in [3.05, 3.63) is 48.2 Å². The number of rotatable bonds is 2. The Balaban J connectivity index is 1.79. The minimum absolute atomic E-state index is 0.0663. The van der Waals surface area contributed by atoms with Crippen molar-refractivity contribution in [3.63, 3.8) is 0 Å². The molecule has 0 bridgehead atoms. The lowest BCUT2D eigenvalue weighted by atomic mass is 10.2. The van der Waals surface area contributed by atoms with Crippen LogP contribution in [0.3, 0.4) is 0 Å². The summed E-state index contributed by atoms with van der Waals surface area (Å²) in [4.78, 5) is 34.3. The second-order valence-electron chi connectivity index (χ2n) is 4.73. The molecule has 0 spiro atoms. The fourth-order valence-electron chi connectivity index (χ4n) is 1.88. The number of aromatic nitrogens is 2. The summed E-state index contributed by atoms with van der Waals surface area (Å²) >= 11 is 0. The molecule has 0 saturated carbocycles. The van der Waals surface area contributed by atoms with Gasteiger partial charge < -0.3 is 9.25 Å². The van der Waals surface area contributed by atoms with Crippen LogP contribution in [0.2, 0.25) is 0 Å². The van der Waals surface area contributed by atoms with Gasteiger partial charge in [-0.1, -0.05) is 6.07 Å². The maximum atomic E-state index is 12.0. The monoisotopic (exact) mass is 351 g/mol. The zero-order chi connectivity index (χ0) is 18.0. The normalized spacial score (nSPS) is 11.3. The number of benzene rings is 1. The number of carbonyl (C=O) groups is 2. The summed E-state index contributed by atoms with van der Waals surface area (Å²) in [6.07, 6.45) is -3.65. The molecular formula is C15H8F3N3O4. The van der Waals surface area contributed by atoms with Gasteiger partial charge in [0.15, 0.2) is 5.58 Å². The van der Waals surface area contributed by atoms with Crippen molar-refractivity contribution >= 4 is 23.0 Å². The highest BCUT2D eigenvalue weighted by Gasteiger charge is 2.42. The minimum Gasteiger partial charge on any atom is -0.435 e. The highest BCUT2D eigenvalue weighted by atomic mass is 19.4. The molecule has 0 unspecified atom stereocenters. The molecule has 7 nitrogen and oxygen atoms in total. The molecule has 3 aromatic rings. The van der Waals surface area contributed by atoms with E-state index >= 15 is 0 Å². The van der Waals surface area contributed by atoms with E-state index in [2.05, 4.69) is 14.8 Å². The molecule has 0 saturated heterocycles. The first-order valence-corrected chi connectivity index (χ1v) is 6.75. The number of pyridine rings is 1. The molecule has 25 heavy (non-hydrogen) atoms. The Hall–Kier alpha value is -3.43. The number of hydroxylamine groups is 1. The third-order valence-electron chi connectivity index (χ3n) is 3.00. The van der Waals surface area contributed by atoms with Crippen LogP contribution in [0.15, 0.2) is 47.0 Å². The maximum absolute atomic E-state index is 12.0. The second-order valence-corrected chi connectivity index (χ2v) is 4.73. The molecule has 2 aromatic heterocycles. The first-order valence-electron chi connectivity index (χ1n) is 6.75. The number of halogens is 3.